The lowest BCUT2D eigenvalue weighted by Gasteiger charge is -2.26. The fourth-order valence-electron chi connectivity index (χ4n) is 2.25. The van der Waals surface area contributed by atoms with Crippen molar-refractivity contribution in [2.75, 3.05) is 6.54 Å². The van der Waals surface area contributed by atoms with Gasteiger partial charge in [0.25, 0.3) is 0 Å². The maximum Gasteiger partial charge on any atom is 0.246 e. The number of thiophene rings is 1. The number of rotatable bonds is 2. The molecule has 0 bridgehead atoms. The van der Waals surface area contributed by atoms with Gasteiger partial charge in [-0.2, -0.15) is 4.31 Å². The van der Waals surface area contributed by atoms with Crippen LogP contribution < -0.4 is 0 Å². The first-order chi connectivity index (χ1) is 9.48. The monoisotopic (exact) mass is 331 g/mol. The summed E-state index contributed by atoms with van der Waals surface area (Å²) in [6.07, 6.45) is 0.668. The number of nitrogens with zero attached hydrogens (tertiary/aromatic N) is 1. The van der Waals surface area contributed by atoms with Crippen molar-refractivity contribution in [3.8, 4) is 0 Å². The number of hydrogen-bond donors (Lipinski definition) is 0. The number of benzene rings is 1. The first kappa shape index (κ1) is 14.0. The highest BCUT2D eigenvalue weighted by molar-refractivity contribution is 7.89. The second kappa shape index (κ2) is 5.11. The van der Waals surface area contributed by atoms with Gasteiger partial charge in [0.05, 0.1) is 0 Å². The lowest BCUT2D eigenvalue weighted by atomic mass is 10.1. The Bertz CT molecular complexity index is 757. The Labute approximate surface area is 125 Å². The van der Waals surface area contributed by atoms with Crippen LogP contribution in [0.1, 0.15) is 10.4 Å². The van der Waals surface area contributed by atoms with Crippen molar-refractivity contribution in [1.29, 1.82) is 0 Å². The van der Waals surface area contributed by atoms with Gasteiger partial charge in [0.2, 0.25) is 10.0 Å². The van der Waals surface area contributed by atoms with E-state index in [4.69, 9.17) is 11.6 Å². The van der Waals surface area contributed by atoms with Crippen LogP contribution in [0.25, 0.3) is 0 Å². The molecule has 0 N–H and O–H groups in total. The summed E-state index contributed by atoms with van der Waals surface area (Å²) in [6.45, 7) is 0.668. The quantitative estimate of drug-likeness (QED) is 0.847. The van der Waals surface area contributed by atoms with E-state index in [2.05, 4.69) is 0 Å². The predicted octanol–water partition coefficient (Wildman–Crippen LogP) is 3.29. The van der Waals surface area contributed by atoms with Crippen LogP contribution in [-0.2, 0) is 23.0 Å². The van der Waals surface area contributed by atoms with Gasteiger partial charge in [-0.15, -0.1) is 11.3 Å². The van der Waals surface area contributed by atoms with Crippen molar-refractivity contribution in [3.05, 3.63) is 50.9 Å². The molecule has 106 valence electrons. The van der Waals surface area contributed by atoms with Crippen LogP contribution in [0.15, 0.2) is 34.5 Å². The van der Waals surface area contributed by atoms with E-state index in [0.29, 0.717) is 19.5 Å². The molecule has 0 spiro atoms. The highest BCUT2D eigenvalue weighted by atomic mass is 35.5. The zero-order valence-electron chi connectivity index (χ0n) is 10.3. The van der Waals surface area contributed by atoms with Crippen LogP contribution in [0, 0.1) is 5.82 Å². The molecule has 20 heavy (non-hydrogen) atoms. The summed E-state index contributed by atoms with van der Waals surface area (Å²) in [5.41, 5.74) is 0.999. The average molecular weight is 332 g/mol. The standard InChI is InChI=1S/C13H11ClFNO2S2/c14-10-1-2-13(11(15)7-10)20(17,18)16-5-3-12-9(8-16)4-6-19-12/h1-2,4,6-7H,3,5,8H2. The van der Waals surface area contributed by atoms with Gasteiger partial charge in [0, 0.05) is 23.0 Å². The fourth-order valence-corrected chi connectivity index (χ4v) is 4.76. The molecule has 2 aromatic rings. The minimum Gasteiger partial charge on any atom is -0.207 e. The molecule has 2 heterocycles. The SMILES string of the molecule is O=S(=O)(c1ccc(Cl)cc1F)N1CCc2sccc2C1. The molecular formula is C13H11ClFNO2S2. The van der Waals surface area contributed by atoms with Crippen LogP contribution in [0.5, 0.6) is 0 Å². The van der Waals surface area contributed by atoms with Crippen molar-refractivity contribution in [3.63, 3.8) is 0 Å². The number of hydrogen-bond acceptors (Lipinski definition) is 3. The number of fused-ring (bicyclic) bond motifs is 1. The van der Waals surface area contributed by atoms with Gasteiger partial charge in [0.1, 0.15) is 10.7 Å². The summed E-state index contributed by atoms with van der Waals surface area (Å²) in [5.74, 6) is -0.811. The molecule has 7 heteroatoms. The van der Waals surface area contributed by atoms with Gasteiger partial charge in [-0.3, -0.25) is 0 Å². The molecule has 3 nitrogen and oxygen atoms in total. The Morgan fingerprint density at radius 1 is 1.30 bits per heavy atom. The molecule has 0 unspecified atom stereocenters. The lowest BCUT2D eigenvalue weighted by Crippen LogP contribution is -2.35. The van der Waals surface area contributed by atoms with E-state index in [0.717, 1.165) is 11.6 Å². The summed E-state index contributed by atoms with van der Waals surface area (Å²) in [4.78, 5) is 0.883. The molecule has 0 amide bonds. The molecule has 1 aliphatic rings. The highest BCUT2D eigenvalue weighted by Crippen LogP contribution is 2.29. The predicted molar refractivity (Wildman–Crippen MR) is 77.0 cm³/mol. The summed E-state index contributed by atoms with van der Waals surface area (Å²) in [7, 11) is -3.83. The molecule has 0 fully saturated rings. The van der Waals surface area contributed by atoms with E-state index in [-0.39, 0.29) is 9.92 Å². The molecule has 0 aliphatic carbocycles. The summed E-state index contributed by atoms with van der Waals surface area (Å²) in [6, 6.07) is 5.54. The van der Waals surface area contributed by atoms with Gasteiger partial charge in [-0.05, 0) is 41.6 Å². The molecular weight excluding hydrogens is 321 g/mol. The topological polar surface area (TPSA) is 37.4 Å². The van der Waals surface area contributed by atoms with E-state index in [1.54, 1.807) is 11.3 Å². The third-order valence-corrected chi connectivity index (χ3v) is 6.42. The normalized spacial score (nSPS) is 16.1. The average Bonchev–Trinajstić information content (AvgIpc) is 2.85. The molecule has 0 saturated carbocycles. The van der Waals surface area contributed by atoms with Gasteiger partial charge in [0.15, 0.2) is 0 Å². The molecule has 1 aliphatic heterocycles. The third-order valence-electron chi connectivity index (χ3n) is 3.28. The van der Waals surface area contributed by atoms with Crippen molar-refractivity contribution in [2.24, 2.45) is 0 Å². The zero-order chi connectivity index (χ0) is 14.3. The maximum absolute atomic E-state index is 13.8. The van der Waals surface area contributed by atoms with Gasteiger partial charge >= 0.3 is 0 Å². The second-order valence-electron chi connectivity index (χ2n) is 4.53. The Kier molecular flexibility index (Phi) is 3.58. The van der Waals surface area contributed by atoms with E-state index >= 15 is 0 Å². The Balaban J connectivity index is 1.97. The van der Waals surface area contributed by atoms with Gasteiger partial charge in [-0.25, -0.2) is 12.8 Å². The van der Waals surface area contributed by atoms with E-state index in [1.165, 1.54) is 21.3 Å². The summed E-state index contributed by atoms with van der Waals surface area (Å²) < 4.78 is 40.2. The Hall–Kier alpha value is -0.950. The Morgan fingerprint density at radius 3 is 2.85 bits per heavy atom. The van der Waals surface area contributed by atoms with Gasteiger partial charge < -0.3 is 0 Å². The van der Waals surface area contributed by atoms with Crippen LogP contribution in [0.2, 0.25) is 5.02 Å². The number of halogens is 2. The molecule has 3 rings (SSSR count). The van der Waals surface area contributed by atoms with Crippen LogP contribution in [0.4, 0.5) is 4.39 Å². The van der Waals surface area contributed by atoms with Gasteiger partial charge in [-0.1, -0.05) is 11.6 Å². The largest absolute Gasteiger partial charge is 0.246 e. The minimum absolute atomic E-state index is 0.181. The molecule has 1 aromatic carbocycles. The molecule has 0 radical (unpaired) electrons. The summed E-state index contributed by atoms with van der Waals surface area (Å²) in [5, 5.41) is 2.13. The molecule has 0 saturated heterocycles. The lowest BCUT2D eigenvalue weighted by molar-refractivity contribution is 0.391. The first-order valence-corrected chi connectivity index (χ1v) is 8.69. The van der Waals surface area contributed by atoms with Crippen molar-refractivity contribution < 1.29 is 12.8 Å². The van der Waals surface area contributed by atoms with Crippen molar-refractivity contribution in [1.82, 2.24) is 4.31 Å². The second-order valence-corrected chi connectivity index (χ2v) is 7.88. The smallest absolute Gasteiger partial charge is 0.207 e. The maximum atomic E-state index is 13.8. The zero-order valence-corrected chi connectivity index (χ0v) is 12.7. The summed E-state index contributed by atoms with van der Waals surface area (Å²) >= 11 is 7.28. The minimum atomic E-state index is -3.83. The number of sulfonamides is 1. The highest BCUT2D eigenvalue weighted by Gasteiger charge is 2.30. The fraction of sp³-hybridized carbons (Fsp3) is 0.231. The first-order valence-electron chi connectivity index (χ1n) is 5.99. The third kappa shape index (κ3) is 2.37. The Morgan fingerprint density at radius 2 is 2.10 bits per heavy atom. The van der Waals surface area contributed by atoms with Crippen molar-refractivity contribution >= 4 is 33.0 Å². The van der Waals surface area contributed by atoms with Crippen LogP contribution >= 0.6 is 22.9 Å². The van der Waals surface area contributed by atoms with Crippen LogP contribution in [0.3, 0.4) is 0 Å². The van der Waals surface area contributed by atoms with E-state index in [9.17, 15) is 12.8 Å². The van der Waals surface area contributed by atoms with Crippen LogP contribution in [-0.4, -0.2) is 19.3 Å². The van der Waals surface area contributed by atoms with E-state index < -0.39 is 15.8 Å². The molecule has 1 aromatic heterocycles. The molecule has 0 atom stereocenters. The van der Waals surface area contributed by atoms with Crippen molar-refractivity contribution in [2.45, 2.75) is 17.9 Å². The van der Waals surface area contributed by atoms with E-state index in [1.807, 2.05) is 11.4 Å².